The lowest BCUT2D eigenvalue weighted by molar-refractivity contribution is -0.166. The first-order valence-corrected chi connectivity index (χ1v) is 26.5. The molecule has 378 valence electrons. The smallest absolute Gasteiger partial charge is 0.309 e. The summed E-state index contributed by atoms with van der Waals surface area (Å²) in [5, 5.41) is 0. The molecule has 6 nitrogen and oxygen atoms in total. The third kappa shape index (κ3) is 52.0. The van der Waals surface area contributed by atoms with Crippen LogP contribution < -0.4 is 0 Å². The van der Waals surface area contributed by atoms with Crippen molar-refractivity contribution >= 4 is 17.9 Å². The molecule has 0 rings (SSSR count). The van der Waals surface area contributed by atoms with E-state index in [1.54, 1.807) is 6.08 Å². The van der Waals surface area contributed by atoms with Gasteiger partial charge in [0.1, 0.15) is 13.2 Å². The first kappa shape index (κ1) is 63.0. The van der Waals surface area contributed by atoms with E-state index in [4.69, 9.17) is 14.2 Å². The van der Waals surface area contributed by atoms with Gasteiger partial charge in [-0.1, -0.05) is 217 Å². The topological polar surface area (TPSA) is 78.9 Å². The number of ether oxygens (including phenoxy) is 3. The summed E-state index contributed by atoms with van der Waals surface area (Å²) in [6, 6.07) is 0. The zero-order chi connectivity index (χ0) is 49.3. The van der Waals surface area contributed by atoms with Crippen molar-refractivity contribution in [3.63, 3.8) is 0 Å². The molecule has 0 saturated heterocycles. The van der Waals surface area contributed by atoms with Crippen LogP contribution in [-0.2, 0) is 28.6 Å². The van der Waals surface area contributed by atoms with E-state index >= 15 is 0 Å². The van der Waals surface area contributed by atoms with Crippen molar-refractivity contribution in [1.29, 1.82) is 0 Å². The van der Waals surface area contributed by atoms with Gasteiger partial charge in [0.05, 0.1) is 6.42 Å². The van der Waals surface area contributed by atoms with Crippen LogP contribution in [-0.4, -0.2) is 37.2 Å². The number of hydrogen-bond acceptors (Lipinski definition) is 6. The van der Waals surface area contributed by atoms with Crippen LogP contribution in [0.15, 0.2) is 158 Å². The Morgan fingerprint density at radius 3 is 1.09 bits per heavy atom. The average Bonchev–Trinajstić information content (AvgIpc) is 3.34. The highest BCUT2D eigenvalue weighted by atomic mass is 16.6. The van der Waals surface area contributed by atoms with Crippen LogP contribution in [0.4, 0.5) is 0 Å². The molecule has 1 atom stereocenters. The monoisotopic (exact) mass is 935 g/mol. The standard InChI is InChI=1S/C62H94O6/c1-4-7-10-13-16-19-22-25-28-30-31-32-35-37-40-43-46-49-52-55-61(64)67-58-59(57-66-60(63)54-51-48-45-42-39-36-33-27-24-21-18-15-12-9-6-3)68-62(65)56-53-50-47-44-41-38-34-29-26-23-20-17-14-11-8-5-2/h7,9-10,12,16,18-21,23,25,27-29,31-34,37,39-40,42,46,48-49,51,59H,4-6,8,11,13-15,17,22,24,26,30,35-36,38,41,43-45,47,50,52-58H2,1-3H3/b10-7-,12-9-,19-16-,21-18-,23-20-,28-25-,32-31-,33-27-,34-29-,40-37-,42-39-,49-46-,51-48-. The summed E-state index contributed by atoms with van der Waals surface area (Å²) in [7, 11) is 0. The molecule has 1 unspecified atom stereocenters. The summed E-state index contributed by atoms with van der Waals surface area (Å²) in [6.45, 7) is 6.20. The molecule has 0 aliphatic heterocycles. The number of esters is 3. The van der Waals surface area contributed by atoms with E-state index in [2.05, 4.69) is 154 Å². The van der Waals surface area contributed by atoms with Gasteiger partial charge < -0.3 is 14.2 Å². The second-order valence-electron chi connectivity index (χ2n) is 16.7. The van der Waals surface area contributed by atoms with Crippen LogP contribution >= 0.6 is 0 Å². The normalized spacial score (nSPS) is 13.4. The van der Waals surface area contributed by atoms with Crippen LogP contribution in [0.1, 0.15) is 194 Å². The average molecular weight is 935 g/mol. The molecule has 0 spiro atoms. The molecule has 0 amide bonds. The largest absolute Gasteiger partial charge is 0.462 e. The number of rotatable bonds is 45. The molecule has 0 aliphatic rings. The summed E-state index contributed by atoms with van der Waals surface area (Å²) in [4.78, 5) is 38.0. The van der Waals surface area contributed by atoms with Crippen molar-refractivity contribution in [2.45, 2.75) is 200 Å². The Morgan fingerprint density at radius 1 is 0.324 bits per heavy atom. The SMILES string of the molecule is CC/C=C\C/C=C\C/C=C\C/C=C\C/C=C\C/C=C\CCC(=O)OCC(COC(=O)C/C=C\C/C=C\C/C=C\C/C=C\C/C=C\CC)OC(=O)CCCCCCC/C=C\C/C=C\CCCCCC. The number of carbonyl (C=O) groups excluding carboxylic acids is 3. The van der Waals surface area contributed by atoms with Gasteiger partial charge in [-0.05, 0) is 116 Å². The Kier molecular flexibility index (Phi) is 50.6. The minimum absolute atomic E-state index is 0.103. The second-order valence-corrected chi connectivity index (χ2v) is 16.7. The number of unbranched alkanes of at least 4 members (excludes halogenated alkanes) is 9. The second kappa shape index (κ2) is 54.6. The van der Waals surface area contributed by atoms with Gasteiger partial charge in [-0.25, -0.2) is 0 Å². The molecular formula is C62H94O6. The summed E-state index contributed by atoms with van der Waals surface area (Å²) >= 11 is 0. The van der Waals surface area contributed by atoms with Gasteiger partial charge in [0.15, 0.2) is 6.10 Å². The van der Waals surface area contributed by atoms with Crippen molar-refractivity contribution in [3.05, 3.63) is 158 Å². The first-order valence-electron chi connectivity index (χ1n) is 26.5. The van der Waals surface area contributed by atoms with Gasteiger partial charge in [0, 0.05) is 12.8 Å². The van der Waals surface area contributed by atoms with Gasteiger partial charge in [-0.3, -0.25) is 14.4 Å². The quantitative estimate of drug-likeness (QED) is 0.0262. The van der Waals surface area contributed by atoms with E-state index in [0.717, 1.165) is 109 Å². The third-order valence-electron chi connectivity index (χ3n) is 10.3. The molecule has 68 heavy (non-hydrogen) atoms. The Labute approximate surface area is 416 Å². The molecule has 6 heteroatoms. The highest BCUT2D eigenvalue weighted by Gasteiger charge is 2.19. The van der Waals surface area contributed by atoms with Crippen molar-refractivity contribution in [3.8, 4) is 0 Å². The zero-order valence-corrected chi connectivity index (χ0v) is 43.0. The maximum absolute atomic E-state index is 12.8. The van der Waals surface area contributed by atoms with Crippen molar-refractivity contribution in [1.82, 2.24) is 0 Å². The van der Waals surface area contributed by atoms with Crippen molar-refractivity contribution < 1.29 is 28.6 Å². The lowest BCUT2D eigenvalue weighted by Crippen LogP contribution is -2.30. The molecular weight excluding hydrogens is 841 g/mol. The molecule has 0 aliphatic carbocycles. The maximum atomic E-state index is 12.8. The van der Waals surface area contributed by atoms with E-state index in [1.165, 1.54) is 32.1 Å². The van der Waals surface area contributed by atoms with Gasteiger partial charge in [-0.15, -0.1) is 0 Å². The molecule has 0 aromatic heterocycles. The minimum atomic E-state index is -0.864. The fraction of sp³-hybridized carbons (Fsp3) is 0.532. The molecule has 0 saturated carbocycles. The number of carbonyl (C=O) groups is 3. The van der Waals surface area contributed by atoms with E-state index in [-0.39, 0.29) is 44.4 Å². The van der Waals surface area contributed by atoms with Crippen molar-refractivity contribution in [2.75, 3.05) is 13.2 Å². The van der Waals surface area contributed by atoms with Gasteiger partial charge >= 0.3 is 17.9 Å². The molecule has 0 heterocycles. The van der Waals surface area contributed by atoms with Crippen LogP contribution in [0.5, 0.6) is 0 Å². The summed E-state index contributed by atoms with van der Waals surface area (Å²) in [5.41, 5.74) is 0. The fourth-order valence-corrected chi connectivity index (χ4v) is 6.39. The van der Waals surface area contributed by atoms with Crippen LogP contribution in [0.2, 0.25) is 0 Å². The Morgan fingerprint density at radius 2 is 0.662 bits per heavy atom. The third-order valence-corrected chi connectivity index (χ3v) is 10.3. The molecule has 0 aromatic carbocycles. The van der Waals surface area contributed by atoms with E-state index in [0.29, 0.717) is 12.8 Å². The Balaban J connectivity index is 4.67. The molecule has 0 aromatic rings. The van der Waals surface area contributed by atoms with Crippen LogP contribution in [0.3, 0.4) is 0 Å². The summed E-state index contributed by atoms with van der Waals surface area (Å²) in [5.74, 6) is -1.19. The number of allylic oxidation sites excluding steroid dienone is 25. The first-order chi connectivity index (χ1) is 33.5. The molecule has 0 radical (unpaired) electrons. The minimum Gasteiger partial charge on any atom is -0.462 e. The lowest BCUT2D eigenvalue weighted by atomic mass is 10.1. The van der Waals surface area contributed by atoms with Crippen LogP contribution in [0, 0.1) is 0 Å². The highest BCUT2D eigenvalue weighted by molar-refractivity contribution is 5.72. The summed E-state index contributed by atoms with van der Waals surface area (Å²) in [6.07, 6.45) is 79.8. The Hall–Kier alpha value is -4.97. The molecule has 0 fully saturated rings. The summed E-state index contributed by atoms with van der Waals surface area (Å²) < 4.78 is 16.6. The fourth-order valence-electron chi connectivity index (χ4n) is 6.39. The highest BCUT2D eigenvalue weighted by Crippen LogP contribution is 2.11. The van der Waals surface area contributed by atoms with Gasteiger partial charge in [0.25, 0.3) is 0 Å². The van der Waals surface area contributed by atoms with Crippen LogP contribution in [0.25, 0.3) is 0 Å². The van der Waals surface area contributed by atoms with E-state index in [1.807, 2.05) is 18.2 Å². The molecule has 0 N–H and O–H groups in total. The lowest BCUT2D eigenvalue weighted by Gasteiger charge is -2.18. The van der Waals surface area contributed by atoms with Gasteiger partial charge in [-0.2, -0.15) is 0 Å². The van der Waals surface area contributed by atoms with Crippen molar-refractivity contribution in [2.24, 2.45) is 0 Å². The van der Waals surface area contributed by atoms with E-state index < -0.39 is 12.1 Å². The van der Waals surface area contributed by atoms with Gasteiger partial charge in [0.2, 0.25) is 0 Å². The predicted octanol–water partition coefficient (Wildman–Crippen LogP) is 17.8. The van der Waals surface area contributed by atoms with E-state index in [9.17, 15) is 14.4 Å². The predicted molar refractivity (Wildman–Crippen MR) is 292 cm³/mol. The number of hydrogen-bond donors (Lipinski definition) is 0. The Bertz CT molecular complexity index is 1590. The molecule has 0 bridgehead atoms. The maximum Gasteiger partial charge on any atom is 0.309 e. The zero-order valence-electron chi connectivity index (χ0n) is 43.0.